The highest BCUT2D eigenvalue weighted by atomic mass is 32.2. The Morgan fingerprint density at radius 3 is 2.70 bits per heavy atom. The molecule has 0 atom stereocenters. The molecule has 3 heterocycles. The number of aryl methyl sites for hydroxylation is 2. The van der Waals surface area contributed by atoms with Crippen molar-refractivity contribution in [3.63, 3.8) is 0 Å². The Bertz CT molecular complexity index is 1130. The van der Waals surface area contributed by atoms with Gasteiger partial charge in [0.25, 0.3) is 5.56 Å². The Morgan fingerprint density at radius 1 is 1.11 bits per heavy atom. The fourth-order valence-electron chi connectivity index (χ4n) is 2.80. The molecule has 4 rings (SSSR count). The minimum atomic E-state index is -0.0632. The highest BCUT2D eigenvalue weighted by Gasteiger charge is 2.14. The van der Waals surface area contributed by atoms with Gasteiger partial charge in [-0.1, -0.05) is 30.0 Å². The van der Waals surface area contributed by atoms with Gasteiger partial charge >= 0.3 is 0 Å². The molecule has 6 nitrogen and oxygen atoms in total. The van der Waals surface area contributed by atoms with Crippen LogP contribution in [0.2, 0.25) is 0 Å². The molecule has 0 fully saturated rings. The zero-order valence-electron chi connectivity index (χ0n) is 15.0. The van der Waals surface area contributed by atoms with Gasteiger partial charge in [0.1, 0.15) is 5.76 Å². The molecule has 0 saturated heterocycles. The molecule has 3 aromatic heterocycles. The quantitative estimate of drug-likeness (QED) is 0.389. The number of para-hydroxylation sites is 1. The molecule has 0 saturated carbocycles. The lowest BCUT2D eigenvalue weighted by molar-refractivity contribution is 0.489. The Labute approximate surface area is 160 Å². The van der Waals surface area contributed by atoms with E-state index in [1.807, 2.05) is 44.2 Å². The Hall–Kier alpha value is -2.93. The van der Waals surface area contributed by atoms with Gasteiger partial charge in [-0.15, -0.1) is 0 Å². The fraction of sp³-hybridized carbons (Fsp3) is 0.200. The average molecular weight is 378 g/mol. The second-order valence-corrected chi connectivity index (χ2v) is 7.14. The van der Waals surface area contributed by atoms with Crippen molar-refractivity contribution in [1.82, 2.24) is 19.5 Å². The van der Waals surface area contributed by atoms with Crippen LogP contribution >= 0.6 is 11.8 Å². The van der Waals surface area contributed by atoms with E-state index in [-0.39, 0.29) is 5.56 Å². The van der Waals surface area contributed by atoms with Gasteiger partial charge in [-0.2, -0.15) is 0 Å². The third kappa shape index (κ3) is 3.64. The second-order valence-electron chi connectivity index (χ2n) is 6.20. The molecule has 0 amide bonds. The van der Waals surface area contributed by atoms with Crippen molar-refractivity contribution in [3.8, 4) is 0 Å². The van der Waals surface area contributed by atoms with Crippen LogP contribution in [0, 0.1) is 13.8 Å². The monoisotopic (exact) mass is 378 g/mol. The van der Waals surface area contributed by atoms with E-state index in [2.05, 4.69) is 9.97 Å². The van der Waals surface area contributed by atoms with Crippen LogP contribution in [0.4, 0.5) is 0 Å². The molecular formula is C20H18N4O2S. The molecule has 0 bridgehead atoms. The first kappa shape index (κ1) is 17.5. The van der Waals surface area contributed by atoms with Crippen molar-refractivity contribution in [2.45, 2.75) is 31.3 Å². The zero-order chi connectivity index (χ0) is 18.8. The van der Waals surface area contributed by atoms with Gasteiger partial charge in [0, 0.05) is 12.4 Å². The number of fused-ring (bicyclic) bond motifs is 1. The van der Waals surface area contributed by atoms with E-state index in [1.165, 1.54) is 11.8 Å². The number of nitrogens with zero attached hydrogens (tertiary/aromatic N) is 4. The molecule has 0 spiro atoms. The third-order valence-corrected chi connectivity index (χ3v) is 5.25. The summed E-state index contributed by atoms with van der Waals surface area (Å²) >= 11 is 1.45. The maximum Gasteiger partial charge on any atom is 0.262 e. The third-order valence-electron chi connectivity index (χ3n) is 4.29. The minimum absolute atomic E-state index is 0.0632. The lowest BCUT2D eigenvalue weighted by atomic mass is 10.2. The van der Waals surface area contributed by atoms with Crippen molar-refractivity contribution >= 4 is 22.7 Å². The van der Waals surface area contributed by atoms with Crippen LogP contribution in [0.15, 0.2) is 63.2 Å². The van der Waals surface area contributed by atoms with E-state index in [4.69, 9.17) is 9.40 Å². The summed E-state index contributed by atoms with van der Waals surface area (Å²) in [6.07, 6.45) is 3.48. The average Bonchev–Trinajstić information content (AvgIpc) is 3.01. The molecule has 0 N–H and O–H groups in total. The van der Waals surface area contributed by atoms with Crippen LogP contribution in [0.25, 0.3) is 10.9 Å². The number of oxazole rings is 1. The standard InChI is InChI=1S/C20H18N4O2S/c1-13-14(2)26-18(22-13)12-27-20-23-17-8-4-3-7-16(17)19(25)24(20)11-15-6-5-9-21-10-15/h3-10H,11-12H2,1-2H3. The van der Waals surface area contributed by atoms with Crippen molar-refractivity contribution in [2.75, 3.05) is 0 Å². The maximum atomic E-state index is 13.1. The molecule has 0 radical (unpaired) electrons. The van der Waals surface area contributed by atoms with Crippen LogP contribution in [-0.4, -0.2) is 19.5 Å². The number of pyridine rings is 1. The number of thioether (sulfide) groups is 1. The van der Waals surface area contributed by atoms with Gasteiger partial charge in [-0.3, -0.25) is 14.3 Å². The van der Waals surface area contributed by atoms with Crippen LogP contribution in [0.1, 0.15) is 22.9 Å². The summed E-state index contributed by atoms with van der Waals surface area (Å²) in [5, 5.41) is 1.24. The highest BCUT2D eigenvalue weighted by molar-refractivity contribution is 7.98. The van der Waals surface area contributed by atoms with Crippen molar-refractivity contribution in [2.24, 2.45) is 0 Å². The Balaban J connectivity index is 1.74. The predicted octanol–water partition coefficient (Wildman–Crippen LogP) is 3.74. The largest absolute Gasteiger partial charge is 0.445 e. The fourth-order valence-corrected chi connectivity index (χ4v) is 3.64. The SMILES string of the molecule is Cc1nc(CSc2nc3ccccc3c(=O)n2Cc2cccnc2)oc1C. The second kappa shape index (κ2) is 7.36. The summed E-state index contributed by atoms with van der Waals surface area (Å²) in [6.45, 7) is 4.22. The Kier molecular flexibility index (Phi) is 4.77. The van der Waals surface area contributed by atoms with Crippen molar-refractivity contribution < 1.29 is 4.42 Å². The van der Waals surface area contributed by atoms with Gasteiger partial charge in [0.15, 0.2) is 5.16 Å². The van der Waals surface area contributed by atoms with E-state index >= 15 is 0 Å². The highest BCUT2D eigenvalue weighted by Crippen LogP contribution is 2.23. The van der Waals surface area contributed by atoms with Gasteiger partial charge in [0.2, 0.25) is 5.89 Å². The number of aromatic nitrogens is 4. The van der Waals surface area contributed by atoms with E-state index in [9.17, 15) is 4.79 Å². The number of hydrogen-bond donors (Lipinski definition) is 0. The zero-order valence-corrected chi connectivity index (χ0v) is 15.9. The van der Waals surface area contributed by atoms with E-state index < -0.39 is 0 Å². The smallest absolute Gasteiger partial charge is 0.262 e. The molecule has 0 aliphatic rings. The number of rotatable bonds is 5. The molecule has 27 heavy (non-hydrogen) atoms. The van der Waals surface area contributed by atoms with Gasteiger partial charge in [0.05, 0.1) is 28.9 Å². The van der Waals surface area contributed by atoms with Gasteiger partial charge < -0.3 is 4.42 Å². The maximum absolute atomic E-state index is 13.1. The first-order chi connectivity index (χ1) is 13.1. The van der Waals surface area contributed by atoms with Crippen LogP contribution in [0.3, 0.4) is 0 Å². The summed E-state index contributed by atoms with van der Waals surface area (Å²) in [5.74, 6) is 1.95. The van der Waals surface area contributed by atoms with Crippen molar-refractivity contribution in [1.29, 1.82) is 0 Å². The van der Waals surface area contributed by atoms with Crippen LogP contribution in [0.5, 0.6) is 0 Å². The number of benzene rings is 1. The molecule has 0 aliphatic heterocycles. The normalized spacial score (nSPS) is 11.2. The summed E-state index contributed by atoms with van der Waals surface area (Å²) in [4.78, 5) is 26.3. The van der Waals surface area contributed by atoms with E-state index in [0.29, 0.717) is 34.2 Å². The first-order valence-electron chi connectivity index (χ1n) is 8.56. The van der Waals surface area contributed by atoms with Crippen LogP contribution < -0.4 is 5.56 Å². The molecule has 1 aromatic carbocycles. The van der Waals surface area contributed by atoms with E-state index in [0.717, 1.165) is 17.0 Å². The van der Waals surface area contributed by atoms with Crippen molar-refractivity contribution in [3.05, 3.63) is 82.1 Å². The Morgan fingerprint density at radius 2 is 1.96 bits per heavy atom. The summed E-state index contributed by atoms with van der Waals surface area (Å²) in [7, 11) is 0. The lowest BCUT2D eigenvalue weighted by Crippen LogP contribution is -2.24. The summed E-state index contributed by atoms with van der Waals surface area (Å²) in [5.41, 5.74) is 2.45. The number of hydrogen-bond acceptors (Lipinski definition) is 6. The molecule has 136 valence electrons. The van der Waals surface area contributed by atoms with Crippen LogP contribution in [-0.2, 0) is 12.3 Å². The van der Waals surface area contributed by atoms with Gasteiger partial charge in [-0.05, 0) is 37.6 Å². The van der Waals surface area contributed by atoms with E-state index in [1.54, 1.807) is 23.0 Å². The molecule has 0 unspecified atom stereocenters. The minimum Gasteiger partial charge on any atom is -0.445 e. The molecule has 7 heteroatoms. The molecule has 0 aliphatic carbocycles. The first-order valence-corrected chi connectivity index (χ1v) is 9.54. The molecule has 4 aromatic rings. The summed E-state index contributed by atoms with van der Waals surface area (Å²) < 4.78 is 7.34. The predicted molar refractivity (Wildman–Crippen MR) is 105 cm³/mol. The van der Waals surface area contributed by atoms with Gasteiger partial charge in [-0.25, -0.2) is 9.97 Å². The lowest BCUT2D eigenvalue weighted by Gasteiger charge is -2.12. The summed E-state index contributed by atoms with van der Waals surface area (Å²) in [6, 6.07) is 11.2. The molecular weight excluding hydrogens is 360 g/mol. The topological polar surface area (TPSA) is 73.8 Å².